The summed E-state index contributed by atoms with van der Waals surface area (Å²) in [6, 6.07) is 18.5. The van der Waals surface area contributed by atoms with Crippen LogP contribution in [0.5, 0.6) is 0 Å². The minimum absolute atomic E-state index is 0.409. The van der Waals surface area contributed by atoms with E-state index in [2.05, 4.69) is 10.4 Å². The van der Waals surface area contributed by atoms with Crippen molar-refractivity contribution in [1.82, 2.24) is 9.78 Å². The molecule has 2 aromatic carbocycles. The molecule has 0 spiro atoms. The van der Waals surface area contributed by atoms with Gasteiger partial charge in [0.15, 0.2) is 0 Å². The van der Waals surface area contributed by atoms with Gasteiger partial charge in [0.05, 0.1) is 23.8 Å². The summed E-state index contributed by atoms with van der Waals surface area (Å²) in [5, 5.41) is 16.7. The van der Waals surface area contributed by atoms with Crippen molar-refractivity contribution < 1.29 is 9.90 Å². The van der Waals surface area contributed by atoms with Gasteiger partial charge in [-0.15, -0.1) is 0 Å². The third-order valence-electron chi connectivity index (χ3n) is 3.52. The summed E-state index contributed by atoms with van der Waals surface area (Å²) in [4.78, 5) is 11.5. The molecule has 0 aliphatic rings. The van der Waals surface area contributed by atoms with Crippen molar-refractivity contribution in [2.75, 3.05) is 5.32 Å². The number of benzene rings is 2. The third-order valence-corrected chi connectivity index (χ3v) is 3.52. The lowest BCUT2D eigenvalue weighted by Crippen LogP contribution is -2.31. The summed E-state index contributed by atoms with van der Waals surface area (Å²) in [6.07, 6.45) is 3.83. The highest BCUT2D eigenvalue weighted by Gasteiger charge is 2.18. The van der Waals surface area contributed by atoms with E-state index in [0.717, 1.165) is 11.3 Å². The molecule has 5 nitrogen and oxygen atoms in total. The van der Waals surface area contributed by atoms with E-state index < -0.39 is 12.0 Å². The number of hydrogen-bond acceptors (Lipinski definition) is 3. The van der Waals surface area contributed by atoms with Gasteiger partial charge in [-0.1, -0.05) is 48.5 Å². The van der Waals surface area contributed by atoms with Crippen LogP contribution in [0.2, 0.25) is 0 Å². The van der Waals surface area contributed by atoms with Gasteiger partial charge >= 0.3 is 5.97 Å². The summed E-state index contributed by atoms with van der Waals surface area (Å²) in [5.74, 6) is -0.888. The second-order valence-corrected chi connectivity index (χ2v) is 5.23. The van der Waals surface area contributed by atoms with E-state index in [1.807, 2.05) is 60.7 Å². The first kappa shape index (κ1) is 14.8. The van der Waals surface area contributed by atoms with Gasteiger partial charge in [0.1, 0.15) is 6.04 Å². The Morgan fingerprint density at radius 1 is 1.09 bits per heavy atom. The van der Waals surface area contributed by atoms with Crippen LogP contribution in [0.15, 0.2) is 73.1 Å². The average molecular weight is 307 g/mol. The molecule has 116 valence electrons. The Balaban J connectivity index is 1.74. The molecule has 1 heterocycles. The molecule has 0 saturated carbocycles. The van der Waals surface area contributed by atoms with Gasteiger partial charge in [0.2, 0.25) is 0 Å². The standard InChI is InChI=1S/C18H17N3O2/c22-18(23)17(11-14-7-3-1-4-8-14)20-15-12-19-21(13-15)16-9-5-2-6-10-16/h1-10,12-13,17,20H,11H2,(H,22,23). The van der Waals surface area contributed by atoms with Crippen LogP contribution in [0.4, 0.5) is 5.69 Å². The molecule has 0 fully saturated rings. The Kier molecular flexibility index (Phi) is 4.38. The molecule has 0 aliphatic heterocycles. The summed E-state index contributed by atoms with van der Waals surface area (Å²) >= 11 is 0. The topological polar surface area (TPSA) is 67.2 Å². The van der Waals surface area contributed by atoms with Crippen molar-refractivity contribution >= 4 is 11.7 Å². The number of carboxylic acids is 1. The summed E-state index contributed by atoms with van der Waals surface area (Å²) < 4.78 is 1.71. The second kappa shape index (κ2) is 6.79. The normalized spacial score (nSPS) is 11.8. The van der Waals surface area contributed by atoms with E-state index in [9.17, 15) is 9.90 Å². The number of nitrogens with zero attached hydrogens (tertiary/aromatic N) is 2. The maximum atomic E-state index is 11.5. The van der Waals surface area contributed by atoms with Gasteiger partial charge < -0.3 is 10.4 Å². The van der Waals surface area contributed by atoms with Gasteiger partial charge in [0, 0.05) is 6.42 Å². The van der Waals surface area contributed by atoms with Crippen molar-refractivity contribution in [1.29, 1.82) is 0 Å². The Hall–Kier alpha value is -3.08. The maximum Gasteiger partial charge on any atom is 0.326 e. The molecule has 0 bridgehead atoms. The lowest BCUT2D eigenvalue weighted by atomic mass is 10.1. The van der Waals surface area contributed by atoms with E-state index in [1.165, 1.54) is 0 Å². The van der Waals surface area contributed by atoms with Crippen molar-refractivity contribution in [2.45, 2.75) is 12.5 Å². The molecule has 0 saturated heterocycles. The number of aromatic nitrogens is 2. The van der Waals surface area contributed by atoms with Crippen LogP contribution in [-0.4, -0.2) is 26.9 Å². The molecular weight excluding hydrogens is 290 g/mol. The first-order valence-corrected chi connectivity index (χ1v) is 7.36. The Bertz CT molecular complexity index is 769. The van der Waals surface area contributed by atoms with Gasteiger partial charge in [-0.05, 0) is 17.7 Å². The quantitative estimate of drug-likeness (QED) is 0.734. The summed E-state index contributed by atoms with van der Waals surface area (Å²) in [7, 11) is 0. The zero-order valence-electron chi connectivity index (χ0n) is 12.5. The van der Waals surface area contributed by atoms with E-state index in [0.29, 0.717) is 12.1 Å². The molecule has 0 radical (unpaired) electrons. The number of hydrogen-bond donors (Lipinski definition) is 2. The lowest BCUT2D eigenvalue weighted by Gasteiger charge is -2.14. The van der Waals surface area contributed by atoms with E-state index >= 15 is 0 Å². The molecule has 3 rings (SSSR count). The highest BCUT2D eigenvalue weighted by molar-refractivity contribution is 5.77. The Morgan fingerprint density at radius 2 is 1.74 bits per heavy atom. The number of aliphatic carboxylic acids is 1. The SMILES string of the molecule is O=C(O)C(Cc1ccccc1)Nc1cnn(-c2ccccc2)c1. The number of nitrogens with one attached hydrogen (secondary N) is 1. The average Bonchev–Trinajstić information content (AvgIpc) is 3.04. The predicted molar refractivity (Wildman–Crippen MR) is 88.8 cm³/mol. The predicted octanol–water partition coefficient (Wildman–Crippen LogP) is 2.98. The molecule has 3 aromatic rings. The minimum atomic E-state index is -0.888. The fourth-order valence-corrected chi connectivity index (χ4v) is 2.37. The summed E-state index contributed by atoms with van der Waals surface area (Å²) in [6.45, 7) is 0. The zero-order valence-corrected chi connectivity index (χ0v) is 12.5. The maximum absolute atomic E-state index is 11.5. The van der Waals surface area contributed by atoms with Crippen LogP contribution < -0.4 is 5.32 Å². The molecule has 1 aromatic heterocycles. The number of carboxylic acid groups (broad SMARTS) is 1. The lowest BCUT2D eigenvalue weighted by molar-refractivity contribution is -0.137. The van der Waals surface area contributed by atoms with Crippen LogP contribution in [0.25, 0.3) is 5.69 Å². The molecule has 5 heteroatoms. The van der Waals surface area contributed by atoms with E-state index in [4.69, 9.17) is 0 Å². The smallest absolute Gasteiger partial charge is 0.326 e. The van der Waals surface area contributed by atoms with Crippen molar-refractivity contribution in [3.05, 3.63) is 78.6 Å². The van der Waals surface area contributed by atoms with Crippen molar-refractivity contribution in [3.63, 3.8) is 0 Å². The van der Waals surface area contributed by atoms with Crippen LogP contribution in [0.3, 0.4) is 0 Å². The molecule has 1 unspecified atom stereocenters. The zero-order chi connectivity index (χ0) is 16.1. The molecule has 0 aliphatic carbocycles. The fourth-order valence-electron chi connectivity index (χ4n) is 2.37. The van der Waals surface area contributed by atoms with Crippen LogP contribution in [0, 0.1) is 0 Å². The number of anilines is 1. The number of carbonyl (C=O) groups is 1. The summed E-state index contributed by atoms with van der Waals surface area (Å²) in [5.41, 5.74) is 2.58. The molecule has 2 N–H and O–H groups in total. The first-order valence-electron chi connectivity index (χ1n) is 7.36. The number of para-hydroxylation sites is 1. The highest BCUT2D eigenvalue weighted by Crippen LogP contribution is 2.14. The monoisotopic (exact) mass is 307 g/mol. The Morgan fingerprint density at radius 3 is 2.39 bits per heavy atom. The van der Waals surface area contributed by atoms with Crippen LogP contribution in [0.1, 0.15) is 5.56 Å². The molecule has 0 amide bonds. The van der Waals surface area contributed by atoms with Crippen LogP contribution in [-0.2, 0) is 11.2 Å². The first-order chi connectivity index (χ1) is 11.2. The minimum Gasteiger partial charge on any atom is -0.480 e. The second-order valence-electron chi connectivity index (χ2n) is 5.23. The van der Waals surface area contributed by atoms with E-state index in [1.54, 1.807) is 17.1 Å². The van der Waals surface area contributed by atoms with Gasteiger partial charge in [-0.25, -0.2) is 9.48 Å². The molecule has 1 atom stereocenters. The van der Waals surface area contributed by atoms with Crippen molar-refractivity contribution in [2.24, 2.45) is 0 Å². The van der Waals surface area contributed by atoms with Gasteiger partial charge in [-0.3, -0.25) is 0 Å². The molecule has 23 heavy (non-hydrogen) atoms. The number of rotatable bonds is 6. The van der Waals surface area contributed by atoms with E-state index in [-0.39, 0.29) is 0 Å². The largest absolute Gasteiger partial charge is 0.480 e. The van der Waals surface area contributed by atoms with Crippen LogP contribution >= 0.6 is 0 Å². The Labute approximate surface area is 134 Å². The fraction of sp³-hybridized carbons (Fsp3) is 0.111. The third kappa shape index (κ3) is 3.77. The van der Waals surface area contributed by atoms with Crippen molar-refractivity contribution in [3.8, 4) is 5.69 Å². The highest BCUT2D eigenvalue weighted by atomic mass is 16.4. The van der Waals surface area contributed by atoms with Gasteiger partial charge in [-0.2, -0.15) is 5.10 Å². The van der Waals surface area contributed by atoms with Gasteiger partial charge in [0.25, 0.3) is 0 Å². The molecular formula is C18H17N3O2.